The summed E-state index contributed by atoms with van der Waals surface area (Å²) in [5, 5.41) is 19.9. The summed E-state index contributed by atoms with van der Waals surface area (Å²) in [6.45, 7) is 1.72. The molecule has 1 rings (SSSR count). The zero-order chi connectivity index (χ0) is 13.7. The number of nitro benzene ring substituents is 1. The Kier molecular flexibility index (Phi) is 4.63. The lowest BCUT2D eigenvalue weighted by Crippen LogP contribution is -2.10. The first-order valence-corrected chi connectivity index (χ1v) is 5.53. The van der Waals surface area contributed by atoms with E-state index in [0.29, 0.717) is 0 Å². The quantitative estimate of drug-likeness (QED) is 0.362. The molecule has 0 saturated carbocycles. The van der Waals surface area contributed by atoms with Crippen molar-refractivity contribution in [3.63, 3.8) is 0 Å². The Morgan fingerprint density at radius 1 is 1.61 bits per heavy atom. The molecule has 0 heterocycles. The van der Waals surface area contributed by atoms with Crippen LogP contribution in [0.3, 0.4) is 0 Å². The number of hydrogen-bond donors (Lipinski definition) is 0. The molecule has 0 aliphatic carbocycles. The van der Waals surface area contributed by atoms with Crippen molar-refractivity contribution in [3.05, 3.63) is 38.9 Å². The summed E-state index contributed by atoms with van der Waals surface area (Å²) in [6, 6.07) is 4.31. The molecule has 0 amide bonds. The van der Waals surface area contributed by atoms with E-state index in [9.17, 15) is 14.9 Å². The number of esters is 1. The first-order chi connectivity index (χ1) is 8.56. The molecule has 0 fully saturated rings. The van der Waals surface area contributed by atoms with Crippen LogP contribution < -0.4 is 0 Å². The van der Waals surface area contributed by atoms with Gasteiger partial charge in [0.15, 0.2) is 0 Å². The van der Waals surface area contributed by atoms with Gasteiger partial charge in [0, 0.05) is 5.56 Å². The number of alkyl halides is 1. The van der Waals surface area contributed by atoms with Gasteiger partial charge >= 0.3 is 5.97 Å². The predicted molar refractivity (Wildman–Crippen MR) is 63.3 cm³/mol. The second kappa shape index (κ2) is 5.98. The summed E-state index contributed by atoms with van der Waals surface area (Å²) in [5.41, 5.74) is -0.708. The summed E-state index contributed by atoms with van der Waals surface area (Å²) >= 11 is 5.57. The summed E-state index contributed by atoms with van der Waals surface area (Å²) < 4.78 is 4.73. The predicted octanol–water partition coefficient (Wildman–Crippen LogP) is 2.38. The molecule has 0 spiro atoms. The number of benzene rings is 1. The molecule has 94 valence electrons. The highest BCUT2D eigenvalue weighted by molar-refractivity contribution is 6.17. The van der Waals surface area contributed by atoms with E-state index in [0.717, 1.165) is 0 Å². The molecular formula is C11H9ClN2O4. The molecule has 0 aliphatic heterocycles. The summed E-state index contributed by atoms with van der Waals surface area (Å²) in [6.07, 6.45) is 0. The van der Waals surface area contributed by atoms with Crippen LogP contribution in [0.1, 0.15) is 28.4 Å². The maximum absolute atomic E-state index is 11.6. The normalized spacial score (nSPS) is 9.61. The summed E-state index contributed by atoms with van der Waals surface area (Å²) in [7, 11) is 0. The second-order valence-corrected chi connectivity index (χ2v) is 3.49. The van der Waals surface area contributed by atoms with Gasteiger partial charge in [-0.15, -0.1) is 11.6 Å². The fourth-order valence-corrected chi connectivity index (χ4v) is 1.66. The van der Waals surface area contributed by atoms with Gasteiger partial charge in [0.05, 0.1) is 23.0 Å². The Morgan fingerprint density at radius 3 is 2.72 bits per heavy atom. The number of nitro groups is 1. The molecule has 0 N–H and O–H groups in total. The maximum atomic E-state index is 11.6. The van der Waals surface area contributed by atoms with Gasteiger partial charge in [-0.1, -0.05) is 0 Å². The number of nitriles is 1. The maximum Gasteiger partial charge on any atom is 0.339 e. The van der Waals surface area contributed by atoms with E-state index >= 15 is 0 Å². The fourth-order valence-electron chi connectivity index (χ4n) is 1.44. The van der Waals surface area contributed by atoms with Gasteiger partial charge in [0.1, 0.15) is 11.6 Å². The van der Waals surface area contributed by atoms with Crippen molar-refractivity contribution in [2.45, 2.75) is 12.8 Å². The zero-order valence-electron chi connectivity index (χ0n) is 9.47. The van der Waals surface area contributed by atoms with Crippen molar-refractivity contribution in [1.29, 1.82) is 5.26 Å². The molecule has 1 aromatic carbocycles. The van der Waals surface area contributed by atoms with E-state index < -0.39 is 16.6 Å². The van der Waals surface area contributed by atoms with E-state index in [1.54, 1.807) is 13.0 Å². The van der Waals surface area contributed by atoms with Crippen LogP contribution in [0.2, 0.25) is 0 Å². The number of carbonyl (C=O) groups is 1. The lowest BCUT2D eigenvalue weighted by molar-refractivity contribution is -0.385. The molecule has 0 aliphatic rings. The molecular weight excluding hydrogens is 260 g/mol. The Morgan fingerprint density at radius 2 is 2.28 bits per heavy atom. The standard InChI is InChI=1S/C11H9ClN2O4/c1-2-18-11(15)8-4-3-7(5-12)10(14(16)17)9(8)6-13/h3-4H,2,5H2,1H3. The van der Waals surface area contributed by atoms with Crippen molar-refractivity contribution >= 4 is 23.3 Å². The Balaban J connectivity index is 3.49. The van der Waals surface area contributed by atoms with E-state index in [1.807, 2.05) is 0 Å². The van der Waals surface area contributed by atoms with Gasteiger partial charge in [-0.05, 0) is 19.1 Å². The lowest BCUT2D eigenvalue weighted by atomic mass is 10.0. The van der Waals surface area contributed by atoms with Gasteiger partial charge in [0.2, 0.25) is 0 Å². The van der Waals surface area contributed by atoms with E-state index in [-0.39, 0.29) is 29.2 Å². The van der Waals surface area contributed by atoms with Crippen molar-refractivity contribution in [3.8, 4) is 6.07 Å². The zero-order valence-corrected chi connectivity index (χ0v) is 10.2. The molecule has 0 bridgehead atoms. The van der Waals surface area contributed by atoms with Gasteiger partial charge < -0.3 is 4.74 Å². The minimum Gasteiger partial charge on any atom is -0.462 e. The monoisotopic (exact) mass is 268 g/mol. The number of nitrogens with zero attached hydrogens (tertiary/aromatic N) is 2. The molecule has 0 radical (unpaired) electrons. The molecule has 0 aromatic heterocycles. The molecule has 18 heavy (non-hydrogen) atoms. The van der Waals surface area contributed by atoms with Gasteiger partial charge in [0.25, 0.3) is 5.69 Å². The average Bonchev–Trinajstić information content (AvgIpc) is 2.36. The molecule has 7 heteroatoms. The highest BCUT2D eigenvalue weighted by Crippen LogP contribution is 2.28. The number of rotatable bonds is 4. The van der Waals surface area contributed by atoms with Crippen LogP contribution in [-0.4, -0.2) is 17.5 Å². The summed E-state index contributed by atoms with van der Waals surface area (Å²) in [4.78, 5) is 21.8. The first kappa shape index (κ1) is 13.9. The SMILES string of the molecule is CCOC(=O)c1ccc(CCl)c([N+](=O)[O-])c1C#N. The number of ether oxygens (including phenoxy) is 1. The van der Waals surface area contributed by atoms with Crippen LogP contribution in [0.15, 0.2) is 12.1 Å². The van der Waals surface area contributed by atoms with E-state index in [1.165, 1.54) is 12.1 Å². The largest absolute Gasteiger partial charge is 0.462 e. The highest BCUT2D eigenvalue weighted by Gasteiger charge is 2.26. The van der Waals surface area contributed by atoms with Crippen LogP contribution >= 0.6 is 11.6 Å². The van der Waals surface area contributed by atoms with Gasteiger partial charge in [-0.2, -0.15) is 5.26 Å². The smallest absolute Gasteiger partial charge is 0.339 e. The Bertz CT molecular complexity index is 537. The van der Waals surface area contributed by atoms with Crippen molar-refractivity contribution in [2.75, 3.05) is 6.61 Å². The van der Waals surface area contributed by atoms with Crippen LogP contribution in [0.5, 0.6) is 0 Å². The fraction of sp³-hybridized carbons (Fsp3) is 0.273. The first-order valence-electron chi connectivity index (χ1n) is 5.00. The highest BCUT2D eigenvalue weighted by atomic mass is 35.5. The van der Waals surface area contributed by atoms with Crippen molar-refractivity contribution in [2.24, 2.45) is 0 Å². The van der Waals surface area contributed by atoms with E-state index in [2.05, 4.69) is 0 Å². The molecule has 0 saturated heterocycles. The molecule has 0 atom stereocenters. The topological polar surface area (TPSA) is 93.2 Å². The van der Waals surface area contributed by atoms with Crippen molar-refractivity contribution in [1.82, 2.24) is 0 Å². The average molecular weight is 269 g/mol. The molecule has 6 nitrogen and oxygen atoms in total. The summed E-state index contributed by atoms with van der Waals surface area (Å²) in [5.74, 6) is -0.882. The van der Waals surface area contributed by atoms with Crippen LogP contribution in [0, 0.1) is 21.4 Å². The number of carbonyl (C=O) groups excluding carboxylic acids is 1. The molecule has 0 unspecified atom stereocenters. The minimum absolute atomic E-state index is 0.117. The third-order valence-corrected chi connectivity index (χ3v) is 2.48. The minimum atomic E-state index is -0.765. The third-order valence-electron chi connectivity index (χ3n) is 2.20. The Labute approximate surface area is 108 Å². The lowest BCUT2D eigenvalue weighted by Gasteiger charge is -2.06. The van der Waals surface area contributed by atoms with Gasteiger partial charge in [-0.3, -0.25) is 10.1 Å². The molecule has 1 aromatic rings. The number of halogens is 1. The van der Waals surface area contributed by atoms with Gasteiger partial charge in [-0.25, -0.2) is 4.79 Å². The number of hydrogen-bond acceptors (Lipinski definition) is 5. The Hall–Kier alpha value is -2.13. The van der Waals surface area contributed by atoms with Crippen LogP contribution in [0.4, 0.5) is 5.69 Å². The van der Waals surface area contributed by atoms with E-state index in [4.69, 9.17) is 21.6 Å². The third kappa shape index (κ3) is 2.57. The van der Waals surface area contributed by atoms with Crippen LogP contribution in [-0.2, 0) is 10.6 Å². The second-order valence-electron chi connectivity index (χ2n) is 3.22. The van der Waals surface area contributed by atoms with Crippen molar-refractivity contribution < 1.29 is 14.5 Å². The van der Waals surface area contributed by atoms with Crippen LogP contribution in [0.25, 0.3) is 0 Å².